The van der Waals surface area contributed by atoms with Gasteiger partial charge in [0.25, 0.3) is 0 Å². The zero-order chi connectivity index (χ0) is 36.5. The molecule has 0 radical (unpaired) electrons. The molecule has 0 bridgehead atoms. The van der Waals surface area contributed by atoms with Gasteiger partial charge in [-0.3, -0.25) is 30.8 Å². The molecule has 0 spiro atoms. The van der Waals surface area contributed by atoms with E-state index in [-0.39, 0.29) is 52.6 Å². The van der Waals surface area contributed by atoms with E-state index >= 15 is 0 Å². The van der Waals surface area contributed by atoms with Gasteiger partial charge in [-0.2, -0.15) is 0 Å². The normalized spacial score (nSPS) is 31.0. The first-order valence-corrected chi connectivity index (χ1v) is 17.5. The highest BCUT2D eigenvalue weighted by Crippen LogP contribution is 2.45. The number of anilines is 1. The van der Waals surface area contributed by atoms with Crippen molar-refractivity contribution in [2.45, 2.75) is 93.3 Å². The summed E-state index contributed by atoms with van der Waals surface area (Å²) in [6.45, 7) is 0.286. The average molecular weight is 716 g/mol. The summed E-state index contributed by atoms with van der Waals surface area (Å²) in [5.41, 5.74) is 6.09. The van der Waals surface area contributed by atoms with Crippen LogP contribution in [-0.4, -0.2) is 104 Å². The molecule has 3 heterocycles. The molecule has 3 aromatic carbocycles. The van der Waals surface area contributed by atoms with E-state index in [1.165, 1.54) is 12.1 Å². The first-order chi connectivity index (χ1) is 25.0. The van der Waals surface area contributed by atoms with Crippen LogP contribution in [0, 0.1) is 0 Å². The van der Waals surface area contributed by atoms with Crippen molar-refractivity contribution in [2.24, 2.45) is 5.73 Å². The number of benzene rings is 3. The fourth-order valence-electron chi connectivity index (χ4n) is 8.35. The van der Waals surface area contributed by atoms with Gasteiger partial charge in [-0.05, 0) is 30.5 Å². The maximum absolute atomic E-state index is 13.9. The molecular formula is C37H41N5O10. The molecule has 3 saturated heterocycles. The Kier molecular flexibility index (Phi) is 8.79. The Morgan fingerprint density at radius 1 is 0.885 bits per heavy atom. The number of ketones is 2. The second kappa shape index (κ2) is 13.2. The van der Waals surface area contributed by atoms with Gasteiger partial charge in [0.15, 0.2) is 23.1 Å². The first kappa shape index (κ1) is 34.6. The molecule has 15 heteroatoms. The molecule has 5 aliphatic rings. The van der Waals surface area contributed by atoms with Crippen LogP contribution < -0.4 is 31.3 Å². The number of hydrogen-bond donors (Lipinski definition) is 9. The highest BCUT2D eigenvalue weighted by Gasteiger charge is 2.54. The van der Waals surface area contributed by atoms with Crippen LogP contribution in [0.4, 0.5) is 5.69 Å². The molecule has 3 aliphatic heterocycles. The third kappa shape index (κ3) is 5.64. The molecule has 274 valence electrons. The SMILES string of the molecule is NC1NC(=O)C2NCN(c3ccccc3Cc3cc4c(c(O)c3OC3OC(C5(O)CCCCC5)C(O)C(O)C3O)C(=O)c3ccccc3C4=O)C2N1. The van der Waals surface area contributed by atoms with Crippen LogP contribution in [0.5, 0.6) is 11.5 Å². The summed E-state index contributed by atoms with van der Waals surface area (Å²) in [6.07, 6.45) is -6.76. The second-order valence-electron chi connectivity index (χ2n) is 14.2. The van der Waals surface area contributed by atoms with Crippen LogP contribution in [0.25, 0.3) is 0 Å². The van der Waals surface area contributed by atoms with Gasteiger partial charge in [-0.25, -0.2) is 0 Å². The Morgan fingerprint density at radius 2 is 1.58 bits per heavy atom. The number of para-hydroxylation sites is 1. The van der Waals surface area contributed by atoms with Crippen LogP contribution in [0.2, 0.25) is 0 Å². The molecule has 8 atom stereocenters. The van der Waals surface area contributed by atoms with Crippen molar-refractivity contribution in [3.63, 3.8) is 0 Å². The predicted molar refractivity (Wildman–Crippen MR) is 183 cm³/mol. The van der Waals surface area contributed by atoms with Crippen LogP contribution in [-0.2, 0) is 16.0 Å². The van der Waals surface area contributed by atoms with Gasteiger partial charge in [-0.1, -0.05) is 61.7 Å². The van der Waals surface area contributed by atoms with E-state index in [4.69, 9.17) is 15.2 Å². The fraction of sp³-hybridized carbons (Fsp3) is 0.432. The number of carbonyl (C=O) groups is 3. The van der Waals surface area contributed by atoms with Crippen LogP contribution in [0.15, 0.2) is 54.6 Å². The molecule has 3 aromatic rings. The fourth-order valence-corrected chi connectivity index (χ4v) is 8.35. The molecule has 52 heavy (non-hydrogen) atoms. The number of nitrogens with one attached hydrogen (secondary N) is 3. The lowest BCUT2D eigenvalue weighted by molar-refractivity contribution is -0.308. The van der Waals surface area contributed by atoms with E-state index in [1.54, 1.807) is 24.3 Å². The van der Waals surface area contributed by atoms with Gasteiger partial charge >= 0.3 is 0 Å². The van der Waals surface area contributed by atoms with E-state index in [1.807, 2.05) is 23.1 Å². The minimum Gasteiger partial charge on any atom is -0.504 e. The zero-order valence-electron chi connectivity index (χ0n) is 28.1. The average Bonchev–Trinajstić information content (AvgIpc) is 3.56. The number of phenolic OH excluding ortho intramolecular Hbond substituents is 1. The Hall–Kier alpha value is -4.45. The summed E-state index contributed by atoms with van der Waals surface area (Å²) in [7, 11) is 0. The lowest BCUT2D eigenvalue weighted by Gasteiger charge is -2.48. The van der Waals surface area contributed by atoms with Crippen molar-refractivity contribution < 1.29 is 49.4 Å². The van der Waals surface area contributed by atoms with E-state index < -0.39 is 72.1 Å². The third-order valence-corrected chi connectivity index (χ3v) is 11.0. The Morgan fingerprint density at radius 3 is 2.33 bits per heavy atom. The number of fused-ring (bicyclic) bond motifs is 3. The van der Waals surface area contributed by atoms with Crippen molar-refractivity contribution in [3.8, 4) is 11.5 Å². The standard InChI is InChI=1S/C37H41N5O10/c38-36-40-33-24(34(49)41-36)39-16-42(33)22-11-5-2-8-17(22)14-18-15-21-23(26(44)20-10-4-3-9-19(20)25(21)43)27(45)31(18)51-35-30(48)28(46)29(47)32(52-35)37(50)12-6-1-7-13-37/h2-5,8-11,15,24,28-30,32-33,35-36,39-40,45-48,50H,1,6-7,12-14,16,38H2,(H,41,49). The zero-order valence-corrected chi connectivity index (χ0v) is 28.1. The van der Waals surface area contributed by atoms with E-state index in [9.17, 15) is 39.9 Å². The molecule has 10 N–H and O–H groups in total. The number of aliphatic hydroxyl groups excluding tert-OH is 3. The van der Waals surface area contributed by atoms with Crippen LogP contribution >= 0.6 is 0 Å². The Labute approximate surface area is 298 Å². The highest BCUT2D eigenvalue weighted by atomic mass is 16.7. The molecule has 1 amide bonds. The van der Waals surface area contributed by atoms with Gasteiger partial charge in [0.1, 0.15) is 42.9 Å². The molecule has 8 rings (SSSR count). The summed E-state index contributed by atoms with van der Waals surface area (Å²) < 4.78 is 12.3. The summed E-state index contributed by atoms with van der Waals surface area (Å²) >= 11 is 0. The van der Waals surface area contributed by atoms with Gasteiger partial charge in [0, 0.05) is 34.4 Å². The van der Waals surface area contributed by atoms with Gasteiger partial charge in [0.2, 0.25) is 12.2 Å². The number of amides is 1. The Balaban J connectivity index is 1.21. The second-order valence-corrected chi connectivity index (χ2v) is 14.2. The van der Waals surface area contributed by atoms with Crippen LogP contribution in [0.1, 0.15) is 75.1 Å². The largest absolute Gasteiger partial charge is 0.504 e. The predicted octanol–water partition coefficient (Wildman–Crippen LogP) is -0.336. The number of nitrogens with zero attached hydrogens (tertiary/aromatic N) is 1. The summed E-state index contributed by atoms with van der Waals surface area (Å²) in [5.74, 6) is -2.30. The maximum atomic E-state index is 13.9. The number of rotatable bonds is 6. The number of aromatic hydroxyl groups is 1. The number of phenols is 1. The molecule has 4 fully saturated rings. The van der Waals surface area contributed by atoms with Crippen molar-refractivity contribution in [3.05, 3.63) is 88.0 Å². The molecule has 1 saturated carbocycles. The van der Waals surface area contributed by atoms with Gasteiger partial charge in [-0.15, -0.1) is 0 Å². The first-order valence-electron chi connectivity index (χ1n) is 17.5. The lowest BCUT2D eigenvalue weighted by Crippen LogP contribution is -2.70. The molecule has 0 aromatic heterocycles. The molecule has 15 nitrogen and oxygen atoms in total. The van der Waals surface area contributed by atoms with E-state index in [0.29, 0.717) is 36.9 Å². The van der Waals surface area contributed by atoms with Crippen molar-refractivity contribution >= 4 is 23.2 Å². The monoisotopic (exact) mass is 715 g/mol. The summed E-state index contributed by atoms with van der Waals surface area (Å²) in [4.78, 5) is 42.3. The third-order valence-electron chi connectivity index (χ3n) is 11.0. The van der Waals surface area contributed by atoms with E-state index in [2.05, 4.69) is 16.0 Å². The number of nitrogens with two attached hydrogens (primary N) is 1. The molecular weight excluding hydrogens is 674 g/mol. The smallest absolute Gasteiger partial charge is 0.242 e. The number of hydrogen-bond acceptors (Lipinski definition) is 14. The number of aliphatic hydroxyl groups is 4. The highest BCUT2D eigenvalue weighted by molar-refractivity contribution is 6.29. The van der Waals surface area contributed by atoms with Crippen molar-refractivity contribution in [1.29, 1.82) is 0 Å². The number of ether oxygens (including phenoxy) is 2. The van der Waals surface area contributed by atoms with Gasteiger partial charge in [0.05, 0.1) is 17.8 Å². The minimum absolute atomic E-state index is 0.0168. The summed E-state index contributed by atoms with van der Waals surface area (Å²) in [5, 5.41) is 65.5. The van der Waals surface area contributed by atoms with Crippen molar-refractivity contribution in [1.82, 2.24) is 16.0 Å². The summed E-state index contributed by atoms with van der Waals surface area (Å²) in [6, 6.07) is 14.5. The topological polar surface area (TPSA) is 236 Å². The maximum Gasteiger partial charge on any atom is 0.242 e. The van der Waals surface area contributed by atoms with E-state index in [0.717, 1.165) is 6.42 Å². The Bertz CT molecular complexity index is 1930. The lowest BCUT2D eigenvalue weighted by atomic mass is 9.76. The molecule has 8 unspecified atom stereocenters. The molecule has 2 aliphatic carbocycles. The van der Waals surface area contributed by atoms with Crippen molar-refractivity contribution in [2.75, 3.05) is 11.6 Å². The van der Waals surface area contributed by atoms with Gasteiger partial charge < -0.3 is 45.2 Å². The van der Waals surface area contributed by atoms with Crippen LogP contribution in [0.3, 0.4) is 0 Å². The number of carbonyl (C=O) groups excluding carboxylic acids is 3. The quantitative estimate of drug-likeness (QED) is 0.124. The minimum atomic E-state index is -1.83.